The van der Waals surface area contributed by atoms with E-state index in [-0.39, 0.29) is 19.6 Å². The highest BCUT2D eigenvalue weighted by atomic mass is 32.1. The van der Waals surface area contributed by atoms with Crippen molar-refractivity contribution in [2.24, 2.45) is 0 Å². The number of hydrogen-bond acceptors (Lipinski definition) is 14. The molecular weight excluding hydrogens is 548 g/mol. The average molecular weight is 581 g/mol. The zero-order valence-corrected chi connectivity index (χ0v) is 23.1. The minimum atomic E-state index is -1.15. The number of unbranched alkanes of at least 4 members (excludes halogenated alkanes) is 1. The first-order valence-corrected chi connectivity index (χ1v) is 12.9. The van der Waals surface area contributed by atoms with E-state index in [0.29, 0.717) is 18.5 Å². The molecule has 0 bridgehead atoms. The van der Waals surface area contributed by atoms with Crippen LogP contribution in [0.3, 0.4) is 0 Å². The lowest BCUT2D eigenvalue weighted by Crippen LogP contribution is -2.66. The summed E-state index contributed by atoms with van der Waals surface area (Å²) in [5.74, 6) is -2.24. The quantitative estimate of drug-likeness (QED) is 0.0981. The van der Waals surface area contributed by atoms with E-state index in [1.165, 1.54) is 25.5 Å². The molecule has 1 aliphatic rings. The number of thiol groups is 1. The number of hydrogen-bond donors (Lipinski definition) is 3. The monoisotopic (exact) mass is 580 g/mol. The summed E-state index contributed by atoms with van der Waals surface area (Å²) in [7, 11) is 0. The van der Waals surface area contributed by atoms with Crippen molar-refractivity contribution in [3.05, 3.63) is 30.7 Å². The highest BCUT2D eigenvalue weighted by molar-refractivity contribution is 7.77. The van der Waals surface area contributed by atoms with Crippen molar-refractivity contribution in [3.63, 3.8) is 0 Å². The summed E-state index contributed by atoms with van der Waals surface area (Å²) in [5, 5.41) is 11.0. The van der Waals surface area contributed by atoms with Crippen molar-refractivity contribution >= 4 is 36.6 Å². The Kier molecular flexibility index (Phi) is 11.8. The van der Waals surface area contributed by atoms with E-state index < -0.39 is 54.5 Å². The van der Waals surface area contributed by atoms with Crippen LogP contribution >= 0.6 is 12.8 Å². The topological polar surface area (TPSA) is 182 Å². The smallest absolute Gasteiger partial charge is 0.325 e. The zero-order valence-electron chi connectivity index (χ0n) is 22.2. The van der Waals surface area contributed by atoms with E-state index in [9.17, 15) is 19.2 Å². The van der Waals surface area contributed by atoms with Crippen LogP contribution in [0, 0.1) is 0 Å². The van der Waals surface area contributed by atoms with Gasteiger partial charge >= 0.3 is 17.9 Å². The van der Waals surface area contributed by atoms with Gasteiger partial charge in [0.1, 0.15) is 17.8 Å². The number of amides is 1. The van der Waals surface area contributed by atoms with Gasteiger partial charge in [0.25, 0.3) is 0 Å². The highest BCUT2D eigenvalue weighted by Crippen LogP contribution is 2.29. The number of carbonyl (C=O) groups is 4. The molecule has 1 saturated heterocycles. The first kappa shape index (κ1) is 30.9. The molecule has 2 aromatic rings. The maximum Gasteiger partial charge on any atom is 0.325 e. The summed E-state index contributed by atoms with van der Waals surface area (Å²) < 4.78 is 24.7. The summed E-state index contributed by atoms with van der Waals surface area (Å²) in [5.41, 5.74) is 1.30. The SMILES string of the molecule is CC(=O)N[C@H]1C(OC(C)=O)[C@@H](OC(C)=O)C(Cn2cc(-c3cccnc3)nn2)O[C@H]1OCCCCC(=O)ONS. The maximum atomic E-state index is 12.1. The summed E-state index contributed by atoms with van der Waals surface area (Å²) in [4.78, 5) is 58.4. The van der Waals surface area contributed by atoms with E-state index in [4.69, 9.17) is 18.9 Å². The molecule has 0 saturated carbocycles. The number of ether oxygens (including phenoxy) is 4. The van der Waals surface area contributed by atoms with Crippen LogP contribution < -0.4 is 10.2 Å². The second kappa shape index (κ2) is 15.3. The van der Waals surface area contributed by atoms with E-state index in [2.05, 4.69) is 38.3 Å². The van der Waals surface area contributed by atoms with Crippen molar-refractivity contribution < 1.29 is 43.0 Å². The molecule has 2 N–H and O–H groups in total. The number of esters is 2. The van der Waals surface area contributed by atoms with Crippen molar-refractivity contribution in [1.82, 2.24) is 30.2 Å². The normalized spacial score (nSPS) is 22.2. The molecule has 0 aliphatic carbocycles. The third-order valence-electron chi connectivity index (χ3n) is 5.70. The van der Waals surface area contributed by atoms with Crippen molar-refractivity contribution in [2.75, 3.05) is 6.61 Å². The van der Waals surface area contributed by atoms with Crippen molar-refractivity contribution in [2.45, 2.75) is 77.2 Å². The van der Waals surface area contributed by atoms with Crippen LogP contribution in [-0.4, -0.2) is 81.0 Å². The van der Waals surface area contributed by atoms with Gasteiger partial charge in [-0.3, -0.25) is 24.2 Å². The largest absolute Gasteiger partial charge is 0.456 e. The second-order valence-electron chi connectivity index (χ2n) is 8.88. The van der Waals surface area contributed by atoms with E-state index >= 15 is 0 Å². The lowest BCUT2D eigenvalue weighted by molar-refractivity contribution is -0.274. The fraction of sp³-hybridized carbons (Fsp3) is 0.542. The Morgan fingerprint density at radius 2 is 1.85 bits per heavy atom. The van der Waals surface area contributed by atoms with E-state index in [1.54, 1.807) is 24.7 Å². The molecular formula is C24H32N6O9S. The van der Waals surface area contributed by atoms with Gasteiger partial charge < -0.3 is 29.1 Å². The van der Waals surface area contributed by atoms with E-state index in [0.717, 1.165) is 5.56 Å². The number of carbonyl (C=O) groups excluding carboxylic acids is 4. The van der Waals surface area contributed by atoms with Gasteiger partial charge in [-0.05, 0) is 25.0 Å². The van der Waals surface area contributed by atoms with Gasteiger partial charge in [0.2, 0.25) is 5.91 Å². The predicted octanol–water partition coefficient (Wildman–Crippen LogP) is 0.513. The summed E-state index contributed by atoms with van der Waals surface area (Å²) in [6.07, 6.45) is 1.67. The summed E-state index contributed by atoms with van der Waals surface area (Å²) >= 11 is 3.60. The molecule has 2 aromatic heterocycles. The van der Waals surface area contributed by atoms with Gasteiger partial charge in [-0.25, -0.2) is 4.68 Å². The Morgan fingerprint density at radius 3 is 2.50 bits per heavy atom. The number of pyridine rings is 1. The molecule has 2 unspecified atom stereocenters. The molecule has 0 radical (unpaired) electrons. The third-order valence-corrected chi connectivity index (χ3v) is 5.79. The molecule has 3 rings (SSSR count). The molecule has 16 heteroatoms. The van der Waals surface area contributed by atoms with Crippen molar-refractivity contribution in [3.8, 4) is 11.3 Å². The van der Waals surface area contributed by atoms with Crippen LogP contribution in [0.4, 0.5) is 0 Å². The number of rotatable bonds is 13. The van der Waals surface area contributed by atoms with Gasteiger partial charge in [0.05, 0.1) is 12.7 Å². The Bertz CT molecular complexity index is 1150. The maximum absolute atomic E-state index is 12.1. The van der Waals surface area contributed by atoms with Crippen LogP contribution in [0.2, 0.25) is 0 Å². The summed E-state index contributed by atoms with van der Waals surface area (Å²) in [6.45, 7) is 3.87. The first-order valence-electron chi connectivity index (χ1n) is 12.5. The molecule has 1 fully saturated rings. The molecule has 218 valence electrons. The lowest BCUT2D eigenvalue weighted by Gasteiger charge is -2.45. The number of nitrogens with one attached hydrogen (secondary N) is 2. The summed E-state index contributed by atoms with van der Waals surface area (Å²) in [6, 6.07) is 2.58. The minimum Gasteiger partial charge on any atom is -0.456 e. The van der Waals surface area contributed by atoms with Crippen molar-refractivity contribution in [1.29, 1.82) is 0 Å². The van der Waals surface area contributed by atoms with Gasteiger partial charge in [0.15, 0.2) is 18.5 Å². The molecule has 15 nitrogen and oxygen atoms in total. The van der Waals surface area contributed by atoms with Crippen LogP contribution in [0.15, 0.2) is 30.7 Å². The molecule has 40 heavy (non-hydrogen) atoms. The Labute approximate surface area is 235 Å². The predicted molar refractivity (Wildman–Crippen MR) is 139 cm³/mol. The Morgan fingerprint density at radius 1 is 1.10 bits per heavy atom. The van der Waals surface area contributed by atoms with Crippen LogP contribution in [-0.2, 0) is 49.5 Å². The van der Waals surface area contributed by atoms with Crippen LogP contribution in [0.1, 0.15) is 40.0 Å². The Hall–Kier alpha value is -3.60. The zero-order chi connectivity index (χ0) is 29.1. The molecule has 1 aliphatic heterocycles. The molecule has 3 heterocycles. The first-order chi connectivity index (χ1) is 19.2. The van der Waals surface area contributed by atoms with Gasteiger partial charge in [-0.15, -0.1) is 5.10 Å². The fourth-order valence-corrected chi connectivity index (χ4v) is 4.24. The van der Waals surface area contributed by atoms with Crippen LogP contribution in [0.5, 0.6) is 0 Å². The highest BCUT2D eigenvalue weighted by Gasteiger charge is 2.51. The minimum absolute atomic E-state index is 0.0399. The number of nitrogens with zero attached hydrogens (tertiary/aromatic N) is 4. The molecule has 0 aromatic carbocycles. The Balaban J connectivity index is 1.83. The van der Waals surface area contributed by atoms with Gasteiger partial charge in [-0.2, -0.15) is 0 Å². The molecule has 5 atom stereocenters. The van der Waals surface area contributed by atoms with E-state index in [1.807, 2.05) is 11.0 Å². The standard InChI is InChI=1S/C24H32N6O9S/c1-14(31)26-21-23(37-16(3)33)22(36-15(2)32)19(38-24(21)35-10-5-4-8-20(34)39-29-40)13-30-12-18(27-28-30)17-7-6-9-25-11-17/h6-7,9,11-12,19,21-24,29,40H,4-5,8,10,13H2,1-3H3,(H,26,31)/t19?,21-,22-,23?,24+/m0/s1. The molecule has 0 spiro atoms. The fourth-order valence-electron chi connectivity index (χ4n) is 4.14. The third kappa shape index (κ3) is 9.25. The second-order valence-corrected chi connectivity index (χ2v) is 9.06. The number of aromatic nitrogens is 4. The van der Waals surface area contributed by atoms with Crippen LogP contribution in [0.25, 0.3) is 11.3 Å². The van der Waals surface area contributed by atoms with Gasteiger partial charge in [-0.1, -0.05) is 22.9 Å². The molecule has 1 amide bonds. The average Bonchev–Trinajstić information content (AvgIpc) is 3.36. The lowest BCUT2D eigenvalue weighted by atomic mass is 9.95. The van der Waals surface area contributed by atoms with Gasteiger partial charge in [0, 0.05) is 51.8 Å².